The third-order valence-corrected chi connectivity index (χ3v) is 7.49. The Hall–Kier alpha value is -2.79. The highest BCUT2D eigenvalue weighted by Gasteiger charge is 2.48. The SMILES string of the molecule is O=C(c1nn2c(c1Cl)N[C@@H](c1cccs1)C[C@H]2C(F)(F)F)N1CCN(c2ccc(F)cc2)CC1. The maximum absolute atomic E-state index is 13.9. The highest BCUT2D eigenvalue weighted by Crippen LogP contribution is 2.47. The molecule has 1 aromatic carbocycles. The van der Waals surface area contributed by atoms with Crippen LogP contribution in [-0.4, -0.2) is 52.9 Å². The third kappa shape index (κ3) is 4.22. The molecule has 0 bridgehead atoms. The average molecular weight is 514 g/mol. The van der Waals surface area contributed by atoms with E-state index in [0.29, 0.717) is 26.2 Å². The summed E-state index contributed by atoms with van der Waals surface area (Å²) in [5, 5.41) is 8.78. The molecule has 0 spiro atoms. The van der Waals surface area contributed by atoms with Gasteiger partial charge in [0.1, 0.15) is 16.7 Å². The van der Waals surface area contributed by atoms with Crippen LogP contribution in [0.4, 0.5) is 29.1 Å². The van der Waals surface area contributed by atoms with Crippen molar-refractivity contribution in [1.29, 1.82) is 0 Å². The minimum atomic E-state index is -4.55. The fourth-order valence-corrected chi connectivity index (χ4v) is 5.42. The Morgan fingerprint density at radius 3 is 2.44 bits per heavy atom. The van der Waals surface area contributed by atoms with Crippen LogP contribution in [0.2, 0.25) is 5.02 Å². The van der Waals surface area contributed by atoms with Crippen LogP contribution in [-0.2, 0) is 0 Å². The van der Waals surface area contributed by atoms with Crippen LogP contribution in [0.15, 0.2) is 41.8 Å². The predicted octanol–water partition coefficient (Wildman–Crippen LogP) is 5.36. The maximum atomic E-state index is 13.9. The van der Waals surface area contributed by atoms with Crippen molar-refractivity contribution >= 4 is 40.4 Å². The second kappa shape index (κ2) is 8.77. The van der Waals surface area contributed by atoms with Gasteiger partial charge in [-0.1, -0.05) is 17.7 Å². The number of nitrogens with zero attached hydrogens (tertiary/aromatic N) is 4. The molecule has 2 aromatic heterocycles. The maximum Gasteiger partial charge on any atom is 0.410 e. The van der Waals surface area contributed by atoms with Crippen LogP contribution in [0, 0.1) is 5.82 Å². The first-order valence-electron chi connectivity index (χ1n) is 10.7. The molecule has 1 saturated heterocycles. The number of alkyl halides is 3. The van der Waals surface area contributed by atoms with E-state index in [4.69, 9.17) is 11.6 Å². The van der Waals surface area contributed by atoms with Crippen molar-refractivity contribution in [2.24, 2.45) is 0 Å². The summed E-state index contributed by atoms with van der Waals surface area (Å²) in [6, 6.07) is 7.13. The van der Waals surface area contributed by atoms with Gasteiger partial charge in [0.05, 0.1) is 6.04 Å². The minimum Gasteiger partial charge on any atom is -0.368 e. The number of nitrogens with one attached hydrogen (secondary N) is 1. The number of anilines is 2. The van der Waals surface area contributed by atoms with Crippen molar-refractivity contribution in [2.75, 3.05) is 36.4 Å². The van der Waals surface area contributed by atoms with E-state index in [9.17, 15) is 22.4 Å². The van der Waals surface area contributed by atoms with E-state index in [-0.39, 0.29) is 28.8 Å². The van der Waals surface area contributed by atoms with E-state index < -0.39 is 24.2 Å². The van der Waals surface area contributed by atoms with Gasteiger partial charge in [-0.15, -0.1) is 11.3 Å². The molecule has 180 valence electrons. The van der Waals surface area contributed by atoms with Crippen molar-refractivity contribution in [3.05, 3.63) is 63.2 Å². The number of hydrogen-bond acceptors (Lipinski definition) is 5. The van der Waals surface area contributed by atoms with Crippen molar-refractivity contribution in [3.8, 4) is 0 Å². The van der Waals surface area contributed by atoms with E-state index in [1.807, 2.05) is 4.90 Å². The Bertz CT molecular complexity index is 1170. The molecule has 34 heavy (non-hydrogen) atoms. The van der Waals surface area contributed by atoms with Crippen molar-refractivity contribution < 1.29 is 22.4 Å². The second-order valence-corrected chi connectivity index (χ2v) is 9.57. The van der Waals surface area contributed by atoms with Crippen LogP contribution >= 0.6 is 22.9 Å². The standard InChI is InChI=1S/C22H20ClF4N5OS/c23-18-19(21(33)31-9-7-30(8-10-31)14-5-3-13(24)4-6-14)29-32-17(22(25,26)27)12-15(28-20(18)32)16-2-1-11-34-16/h1-6,11,15,17,28H,7-10,12H2/t15-,17+/m1/s1. The van der Waals surface area contributed by atoms with Crippen molar-refractivity contribution in [2.45, 2.75) is 24.7 Å². The summed E-state index contributed by atoms with van der Waals surface area (Å²) < 4.78 is 55.7. The molecular weight excluding hydrogens is 494 g/mol. The molecule has 12 heteroatoms. The summed E-state index contributed by atoms with van der Waals surface area (Å²) in [7, 11) is 0. The molecule has 0 saturated carbocycles. The monoisotopic (exact) mass is 513 g/mol. The zero-order valence-electron chi connectivity index (χ0n) is 17.7. The summed E-state index contributed by atoms with van der Waals surface area (Å²) in [5.41, 5.74) is 0.640. The number of benzene rings is 1. The average Bonchev–Trinajstić information content (AvgIpc) is 3.47. The Morgan fingerprint density at radius 2 is 1.82 bits per heavy atom. The van der Waals surface area contributed by atoms with Crippen LogP contribution in [0.3, 0.4) is 0 Å². The lowest BCUT2D eigenvalue weighted by Crippen LogP contribution is -2.49. The Kier molecular flexibility index (Phi) is 5.93. The van der Waals surface area contributed by atoms with Gasteiger partial charge < -0.3 is 15.1 Å². The molecule has 0 unspecified atom stereocenters. The van der Waals surface area contributed by atoms with Crippen LogP contribution in [0.1, 0.15) is 33.9 Å². The Balaban J connectivity index is 1.37. The number of thiophene rings is 1. The molecule has 1 amide bonds. The topological polar surface area (TPSA) is 53.4 Å². The number of carbonyl (C=O) groups is 1. The van der Waals surface area contributed by atoms with Crippen LogP contribution in [0.5, 0.6) is 0 Å². The van der Waals surface area contributed by atoms with E-state index in [0.717, 1.165) is 15.2 Å². The fourth-order valence-electron chi connectivity index (χ4n) is 4.37. The number of fused-ring (bicyclic) bond motifs is 1. The molecule has 2 aliphatic rings. The fraction of sp³-hybridized carbons (Fsp3) is 0.364. The van der Waals surface area contributed by atoms with Gasteiger partial charge in [-0.05, 0) is 35.7 Å². The largest absolute Gasteiger partial charge is 0.410 e. The van der Waals surface area contributed by atoms with E-state index in [1.165, 1.54) is 28.4 Å². The lowest BCUT2D eigenvalue weighted by Gasteiger charge is -2.35. The normalized spacial score (nSPS) is 20.7. The zero-order valence-corrected chi connectivity index (χ0v) is 19.3. The predicted molar refractivity (Wildman–Crippen MR) is 122 cm³/mol. The van der Waals surface area contributed by atoms with Crippen LogP contribution < -0.4 is 10.2 Å². The number of amides is 1. The molecule has 1 fully saturated rings. The summed E-state index contributed by atoms with van der Waals surface area (Å²) >= 11 is 7.79. The van der Waals surface area contributed by atoms with Crippen molar-refractivity contribution in [1.82, 2.24) is 14.7 Å². The Morgan fingerprint density at radius 1 is 1.12 bits per heavy atom. The molecule has 4 heterocycles. The molecule has 0 radical (unpaired) electrons. The minimum absolute atomic E-state index is 0.00180. The quantitative estimate of drug-likeness (QED) is 0.479. The number of carbonyl (C=O) groups excluding carboxylic acids is 1. The summed E-state index contributed by atoms with van der Waals surface area (Å²) in [6.45, 7) is 1.66. The molecule has 1 N–H and O–H groups in total. The first-order valence-corrected chi connectivity index (χ1v) is 11.9. The summed E-state index contributed by atoms with van der Waals surface area (Å²) in [4.78, 5) is 17.5. The third-order valence-electron chi connectivity index (χ3n) is 6.14. The van der Waals surface area contributed by atoms with Gasteiger partial charge in [0, 0.05) is 43.2 Å². The van der Waals surface area contributed by atoms with E-state index >= 15 is 0 Å². The summed E-state index contributed by atoms with van der Waals surface area (Å²) in [6.07, 6.45) is -4.80. The van der Waals surface area contributed by atoms with Gasteiger partial charge in [0.2, 0.25) is 0 Å². The molecule has 2 atom stereocenters. The van der Waals surface area contributed by atoms with Gasteiger partial charge in [0.25, 0.3) is 5.91 Å². The van der Waals surface area contributed by atoms with Gasteiger partial charge >= 0.3 is 6.18 Å². The molecule has 5 rings (SSSR count). The molecular formula is C22H20ClF4N5OS. The first kappa shape index (κ1) is 23.0. The summed E-state index contributed by atoms with van der Waals surface area (Å²) in [5.74, 6) is -0.842. The smallest absolute Gasteiger partial charge is 0.368 e. The number of hydrogen-bond donors (Lipinski definition) is 1. The van der Waals surface area contributed by atoms with Gasteiger partial charge in [-0.3, -0.25) is 4.79 Å². The molecule has 6 nitrogen and oxygen atoms in total. The van der Waals surface area contributed by atoms with Gasteiger partial charge in [-0.25, -0.2) is 9.07 Å². The Labute approximate surface area is 201 Å². The first-order chi connectivity index (χ1) is 16.2. The van der Waals surface area contributed by atoms with Crippen LogP contribution in [0.25, 0.3) is 0 Å². The number of halogens is 5. The molecule has 3 aromatic rings. The molecule has 0 aliphatic carbocycles. The lowest BCUT2D eigenvalue weighted by molar-refractivity contribution is -0.173. The number of piperazine rings is 1. The number of rotatable bonds is 3. The second-order valence-electron chi connectivity index (χ2n) is 8.22. The van der Waals surface area contributed by atoms with Gasteiger partial charge in [0.15, 0.2) is 11.7 Å². The zero-order chi connectivity index (χ0) is 24.0. The highest BCUT2D eigenvalue weighted by atomic mass is 35.5. The van der Waals surface area contributed by atoms with E-state index in [1.54, 1.807) is 29.6 Å². The van der Waals surface area contributed by atoms with Crippen molar-refractivity contribution in [3.63, 3.8) is 0 Å². The van der Waals surface area contributed by atoms with Gasteiger partial charge in [-0.2, -0.15) is 18.3 Å². The number of aromatic nitrogens is 2. The van der Waals surface area contributed by atoms with E-state index in [2.05, 4.69) is 10.4 Å². The highest BCUT2D eigenvalue weighted by molar-refractivity contribution is 7.10. The molecule has 2 aliphatic heterocycles. The lowest BCUT2D eigenvalue weighted by atomic mass is 10.0.